The number of nitrogens with zero attached hydrogens (tertiary/aromatic N) is 2. The molecule has 0 atom stereocenters. The highest BCUT2D eigenvalue weighted by molar-refractivity contribution is 5.93. The van der Waals surface area contributed by atoms with E-state index in [-0.39, 0.29) is 5.69 Å². The van der Waals surface area contributed by atoms with Crippen molar-refractivity contribution in [1.29, 1.82) is 0 Å². The molecule has 8 heteroatoms. The molecule has 0 radical (unpaired) electrons. The van der Waals surface area contributed by atoms with E-state index in [0.29, 0.717) is 29.2 Å². The monoisotopic (exact) mass is 406 g/mol. The molecule has 1 heterocycles. The van der Waals surface area contributed by atoms with Gasteiger partial charge in [0.1, 0.15) is 0 Å². The standard InChI is InChI=1S/C22H22N4O4/c1-4-29-20-12-16(13-23-26-21(27)18-11-15(3)24-25-18)7-10-19(20)30-22(28)17-8-5-14(2)6-9-17/h5-13H,4H2,1-3H3,(H,24,25)(H,26,27)/b23-13-. The third kappa shape index (κ3) is 5.32. The van der Waals surface area contributed by atoms with E-state index in [1.807, 2.05) is 26.0 Å². The Balaban J connectivity index is 1.70. The van der Waals surface area contributed by atoms with Gasteiger partial charge in [-0.2, -0.15) is 10.2 Å². The lowest BCUT2D eigenvalue weighted by molar-refractivity contribution is 0.0728. The van der Waals surface area contributed by atoms with Crippen LogP contribution in [-0.4, -0.2) is 34.9 Å². The second kappa shape index (κ2) is 9.51. The quantitative estimate of drug-likeness (QED) is 0.271. The number of benzene rings is 2. The molecule has 2 N–H and O–H groups in total. The summed E-state index contributed by atoms with van der Waals surface area (Å²) in [7, 11) is 0. The molecule has 2 aromatic carbocycles. The first-order valence-electron chi connectivity index (χ1n) is 9.37. The Hall–Kier alpha value is -3.94. The van der Waals surface area contributed by atoms with Gasteiger partial charge in [-0.25, -0.2) is 10.2 Å². The highest BCUT2D eigenvalue weighted by Crippen LogP contribution is 2.29. The molecule has 0 saturated heterocycles. The number of carbonyl (C=O) groups is 2. The zero-order valence-electron chi connectivity index (χ0n) is 16.9. The average Bonchev–Trinajstić information content (AvgIpc) is 3.17. The number of aromatic amines is 1. The van der Waals surface area contributed by atoms with Crippen LogP contribution in [0.15, 0.2) is 53.6 Å². The number of amides is 1. The number of aromatic nitrogens is 2. The molecule has 3 aromatic rings. The topological polar surface area (TPSA) is 106 Å². The molecule has 0 aliphatic rings. The largest absolute Gasteiger partial charge is 0.490 e. The van der Waals surface area contributed by atoms with Gasteiger partial charge in [-0.15, -0.1) is 0 Å². The van der Waals surface area contributed by atoms with Crippen LogP contribution in [0.2, 0.25) is 0 Å². The maximum absolute atomic E-state index is 12.4. The van der Waals surface area contributed by atoms with E-state index in [1.165, 1.54) is 6.21 Å². The zero-order valence-corrected chi connectivity index (χ0v) is 16.9. The first-order valence-corrected chi connectivity index (χ1v) is 9.37. The number of nitrogens with one attached hydrogen (secondary N) is 2. The van der Waals surface area contributed by atoms with Crippen molar-refractivity contribution in [3.05, 3.63) is 76.6 Å². The van der Waals surface area contributed by atoms with Gasteiger partial charge in [-0.05, 0) is 62.7 Å². The molecule has 0 bridgehead atoms. The van der Waals surface area contributed by atoms with Crippen molar-refractivity contribution < 1.29 is 19.1 Å². The van der Waals surface area contributed by atoms with Crippen molar-refractivity contribution in [3.8, 4) is 11.5 Å². The Morgan fingerprint density at radius 2 is 1.87 bits per heavy atom. The highest BCUT2D eigenvalue weighted by Gasteiger charge is 2.13. The summed E-state index contributed by atoms with van der Waals surface area (Å²) < 4.78 is 11.1. The first-order chi connectivity index (χ1) is 14.5. The minimum Gasteiger partial charge on any atom is -0.490 e. The SMILES string of the molecule is CCOc1cc(/C=N\NC(=O)c2cc(C)[nH]n2)ccc1OC(=O)c1ccc(C)cc1. The van der Waals surface area contributed by atoms with Gasteiger partial charge in [0.2, 0.25) is 0 Å². The lowest BCUT2D eigenvalue weighted by Crippen LogP contribution is -2.18. The molecule has 8 nitrogen and oxygen atoms in total. The van der Waals surface area contributed by atoms with Crippen molar-refractivity contribution in [2.45, 2.75) is 20.8 Å². The minimum absolute atomic E-state index is 0.248. The van der Waals surface area contributed by atoms with E-state index in [0.717, 1.165) is 11.3 Å². The van der Waals surface area contributed by atoms with Crippen molar-refractivity contribution in [1.82, 2.24) is 15.6 Å². The molecule has 1 aromatic heterocycles. The molecule has 0 aliphatic carbocycles. The number of rotatable bonds is 7. The number of hydrazone groups is 1. The van der Waals surface area contributed by atoms with Crippen LogP contribution in [0.5, 0.6) is 11.5 Å². The van der Waals surface area contributed by atoms with Crippen molar-refractivity contribution in [2.24, 2.45) is 5.10 Å². The summed E-state index contributed by atoms with van der Waals surface area (Å²) in [5.41, 5.74) is 5.60. The molecular formula is C22H22N4O4. The summed E-state index contributed by atoms with van der Waals surface area (Å²) in [5.74, 6) is -0.199. The maximum atomic E-state index is 12.4. The molecule has 154 valence electrons. The number of hydrogen-bond donors (Lipinski definition) is 2. The molecule has 0 fully saturated rings. The number of aryl methyl sites for hydroxylation is 2. The average molecular weight is 406 g/mol. The molecule has 3 rings (SSSR count). The highest BCUT2D eigenvalue weighted by atomic mass is 16.6. The number of hydrogen-bond acceptors (Lipinski definition) is 6. The summed E-state index contributed by atoms with van der Waals surface area (Å²) >= 11 is 0. The zero-order chi connectivity index (χ0) is 21.5. The summed E-state index contributed by atoms with van der Waals surface area (Å²) in [6.45, 7) is 5.97. The van der Waals surface area contributed by atoms with E-state index in [9.17, 15) is 9.59 Å². The van der Waals surface area contributed by atoms with Gasteiger partial charge in [-0.3, -0.25) is 9.89 Å². The van der Waals surface area contributed by atoms with Crippen LogP contribution in [0, 0.1) is 13.8 Å². The fourth-order valence-electron chi connectivity index (χ4n) is 2.56. The second-order valence-electron chi connectivity index (χ2n) is 6.53. The van der Waals surface area contributed by atoms with Crippen LogP contribution in [0.4, 0.5) is 0 Å². The first kappa shape index (κ1) is 20.8. The van der Waals surface area contributed by atoms with Crippen LogP contribution in [0.25, 0.3) is 0 Å². The lowest BCUT2D eigenvalue weighted by atomic mass is 10.1. The summed E-state index contributed by atoms with van der Waals surface area (Å²) in [6, 6.07) is 13.7. The molecule has 30 heavy (non-hydrogen) atoms. The fraction of sp³-hybridized carbons (Fsp3) is 0.182. The Kier molecular flexibility index (Phi) is 6.59. The molecule has 1 amide bonds. The van der Waals surface area contributed by atoms with Gasteiger partial charge in [-0.1, -0.05) is 17.7 Å². The van der Waals surface area contributed by atoms with Gasteiger partial charge >= 0.3 is 5.97 Å². The Bertz CT molecular complexity index is 1070. The van der Waals surface area contributed by atoms with E-state index < -0.39 is 11.9 Å². The second-order valence-corrected chi connectivity index (χ2v) is 6.53. The molecule has 0 saturated carbocycles. The third-order valence-corrected chi connectivity index (χ3v) is 4.08. The normalized spacial score (nSPS) is 10.8. The summed E-state index contributed by atoms with van der Waals surface area (Å²) in [4.78, 5) is 24.3. The van der Waals surface area contributed by atoms with Gasteiger partial charge in [0.25, 0.3) is 5.91 Å². The fourth-order valence-corrected chi connectivity index (χ4v) is 2.56. The molecule has 0 unspecified atom stereocenters. The lowest BCUT2D eigenvalue weighted by Gasteiger charge is -2.11. The minimum atomic E-state index is -0.473. The summed E-state index contributed by atoms with van der Waals surface area (Å²) in [6.07, 6.45) is 1.46. The van der Waals surface area contributed by atoms with Crippen LogP contribution in [-0.2, 0) is 0 Å². The smallest absolute Gasteiger partial charge is 0.343 e. The Morgan fingerprint density at radius 1 is 1.10 bits per heavy atom. The Labute approximate surface area is 173 Å². The predicted molar refractivity (Wildman–Crippen MR) is 112 cm³/mol. The van der Waals surface area contributed by atoms with E-state index >= 15 is 0 Å². The van der Waals surface area contributed by atoms with Crippen molar-refractivity contribution in [2.75, 3.05) is 6.61 Å². The van der Waals surface area contributed by atoms with E-state index in [4.69, 9.17) is 9.47 Å². The van der Waals surface area contributed by atoms with Gasteiger partial charge in [0.05, 0.1) is 18.4 Å². The number of ether oxygens (including phenoxy) is 2. The van der Waals surface area contributed by atoms with Crippen molar-refractivity contribution in [3.63, 3.8) is 0 Å². The Morgan fingerprint density at radius 3 is 2.53 bits per heavy atom. The van der Waals surface area contributed by atoms with Crippen LogP contribution in [0.1, 0.15) is 44.6 Å². The maximum Gasteiger partial charge on any atom is 0.343 e. The number of esters is 1. The van der Waals surface area contributed by atoms with E-state index in [1.54, 1.807) is 43.3 Å². The van der Waals surface area contributed by atoms with Crippen LogP contribution < -0.4 is 14.9 Å². The molecule has 0 aliphatic heterocycles. The van der Waals surface area contributed by atoms with Crippen molar-refractivity contribution >= 4 is 18.1 Å². The van der Waals surface area contributed by atoms with Crippen LogP contribution in [0.3, 0.4) is 0 Å². The number of carbonyl (C=O) groups excluding carboxylic acids is 2. The molecular weight excluding hydrogens is 384 g/mol. The van der Waals surface area contributed by atoms with Gasteiger partial charge in [0, 0.05) is 5.69 Å². The molecule has 0 spiro atoms. The third-order valence-electron chi connectivity index (χ3n) is 4.08. The van der Waals surface area contributed by atoms with E-state index in [2.05, 4.69) is 20.7 Å². The van der Waals surface area contributed by atoms with Crippen LogP contribution >= 0.6 is 0 Å². The predicted octanol–water partition coefficient (Wildman–Crippen LogP) is 3.41. The summed E-state index contributed by atoms with van der Waals surface area (Å²) in [5, 5.41) is 10.5. The van der Waals surface area contributed by atoms with Gasteiger partial charge < -0.3 is 9.47 Å². The number of H-pyrrole nitrogens is 1. The van der Waals surface area contributed by atoms with Gasteiger partial charge in [0.15, 0.2) is 17.2 Å².